The van der Waals surface area contributed by atoms with Crippen LogP contribution >= 0.6 is 0 Å². The normalized spacial score (nSPS) is 25.8. The summed E-state index contributed by atoms with van der Waals surface area (Å²) in [6.07, 6.45) is 4.12. The van der Waals surface area contributed by atoms with Gasteiger partial charge in [-0.15, -0.1) is 0 Å². The van der Waals surface area contributed by atoms with Crippen molar-refractivity contribution in [2.75, 3.05) is 13.2 Å². The molecule has 1 fully saturated rings. The van der Waals surface area contributed by atoms with E-state index in [1.54, 1.807) is 0 Å². The van der Waals surface area contributed by atoms with Crippen LogP contribution in [0.25, 0.3) is 0 Å². The molecule has 1 saturated carbocycles. The molecule has 2 atom stereocenters. The van der Waals surface area contributed by atoms with Crippen LogP contribution in [0, 0.1) is 11.6 Å². The van der Waals surface area contributed by atoms with Gasteiger partial charge in [0.05, 0.1) is 6.61 Å². The Balaban J connectivity index is 2.03. The molecule has 1 aliphatic rings. The number of nitrogens with one attached hydrogen (secondary N) is 1. The topological polar surface area (TPSA) is 41.5 Å². The maximum absolute atomic E-state index is 13.2. The molecule has 2 rings (SSSR count). The summed E-state index contributed by atoms with van der Waals surface area (Å²) in [5, 5.41) is 13.1. The Labute approximate surface area is 124 Å². The highest BCUT2D eigenvalue weighted by Gasteiger charge is 2.36. The van der Waals surface area contributed by atoms with Gasteiger partial charge >= 0.3 is 0 Å². The van der Waals surface area contributed by atoms with E-state index in [9.17, 15) is 13.9 Å². The third kappa shape index (κ3) is 4.38. The second kappa shape index (κ2) is 7.18. The van der Waals surface area contributed by atoms with Gasteiger partial charge in [0.2, 0.25) is 0 Å². The molecular formula is C16H23F2NO2. The van der Waals surface area contributed by atoms with Crippen molar-refractivity contribution in [1.29, 1.82) is 0 Å². The van der Waals surface area contributed by atoms with Gasteiger partial charge in [0.1, 0.15) is 23.5 Å². The molecule has 3 nitrogen and oxygen atoms in total. The Kier molecular flexibility index (Phi) is 5.53. The Morgan fingerprint density at radius 1 is 1.33 bits per heavy atom. The van der Waals surface area contributed by atoms with E-state index in [4.69, 9.17) is 4.74 Å². The second-order valence-corrected chi connectivity index (χ2v) is 5.81. The number of hydrogen-bond donors (Lipinski definition) is 2. The fourth-order valence-corrected chi connectivity index (χ4v) is 2.95. The van der Waals surface area contributed by atoms with Crippen LogP contribution in [0.4, 0.5) is 8.78 Å². The average Bonchev–Trinajstić information content (AvgIpc) is 2.44. The van der Waals surface area contributed by atoms with Crippen LogP contribution in [-0.4, -0.2) is 29.9 Å². The first-order chi connectivity index (χ1) is 10.1. The number of aliphatic hydroxyl groups is 1. The maximum atomic E-state index is 13.2. The zero-order chi connectivity index (χ0) is 15.3. The van der Waals surface area contributed by atoms with Crippen LogP contribution < -0.4 is 10.1 Å². The highest BCUT2D eigenvalue weighted by atomic mass is 19.1. The van der Waals surface area contributed by atoms with Gasteiger partial charge in [-0.05, 0) is 32.2 Å². The van der Waals surface area contributed by atoms with E-state index in [2.05, 4.69) is 12.2 Å². The average molecular weight is 299 g/mol. The number of benzene rings is 1. The summed E-state index contributed by atoms with van der Waals surface area (Å²) in [5.41, 5.74) is -0.342. The summed E-state index contributed by atoms with van der Waals surface area (Å²) in [5.74, 6) is -1.07. The lowest BCUT2D eigenvalue weighted by atomic mass is 9.80. The van der Waals surface area contributed by atoms with E-state index in [1.165, 1.54) is 12.1 Å². The van der Waals surface area contributed by atoms with Crippen LogP contribution in [0.1, 0.15) is 39.0 Å². The molecule has 118 valence electrons. The Bertz CT molecular complexity index is 449. The first-order valence-corrected chi connectivity index (χ1v) is 7.55. The molecular weight excluding hydrogens is 276 g/mol. The molecule has 0 radical (unpaired) electrons. The van der Waals surface area contributed by atoms with Gasteiger partial charge in [-0.1, -0.05) is 6.92 Å². The van der Waals surface area contributed by atoms with E-state index in [-0.39, 0.29) is 24.0 Å². The van der Waals surface area contributed by atoms with Gasteiger partial charge < -0.3 is 15.2 Å². The van der Waals surface area contributed by atoms with Crippen molar-refractivity contribution < 1.29 is 18.6 Å². The van der Waals surface area contributed by atoms with Crippen molar-refractivity contribution in [3.63, 3.8) is 0 Å². The van der Waals surface area contributed by atoms with Gasteiger partial charge in [-0.2, -0.15) is 0 Å². The van der Waals surface area contributed by atoms with Crippen molar-refractivity contribution in [2.45, 2.75) is 50.7 Å². The third-order valence-electron chi connectivity index (χ3n) is 3.99. The molecule has 5 heteroatoms. The van der Waals surface area contributed by atoms with E-state index in [0.29, 0.717) is 6.42 Å². The van der Waals surface area contributed by atoms with Crippen LogP contribution in [0.15, 0.2) is 18.2 Å². The minimum atomic E-state index is -0.640. The standard InChI is InChI=1S/C16H23F2NO2/c1-2-6-19-16(11-20)5-3-4-14(10-16)21-15-8-12(17)7-13(18)9-15/h7-9,14,19-20H,2-6,10-11H2,1H3. The summed E-state index contributed by atoms with van der Waals surface area (Å²) in [6, 6.07) is 3.21. The summed E-state index contributed by atoms with van der Waals surface area (Å²) in [4.78, 5) is 0. The molecule has 0 bridgehead atoms. The summed E-state index contributed by atoms with van der Waals surface area (Å²) < 4.78 is 32.1. The molecule has 1 aliphatic carbocycles. The summed E-state index contributed by atoms with van der Waals surface area (Å²) in [7, 11) is 0. The Morgan fingerprint density at radius 3 is 2.67 bits per heavy atom. The monoisotopic (exact) mass is 299 g/mol. The Hall–Kier alpha value is -1.20. The number of aliphatic hydroxyl groups excluding tert-OH is 1. The molecule has 1 aromatic rings. The molecule has 0 heterocycles. The largest absolute Gasteiger partial charge is 0.490 e. The molecule has 21 heavy (non-hydrogen) atoms. The predicted molar refractivity (Wildman–Crippen MR) is 77.4 cm³/mol. The van der Waals surface area contributed by atoms with Crippen LogP contribution in [-0.2, 0) is 0 Å². The fraction of sp³-hybridized carbons (Fsp3) is 0.625. The molecule has 1 aromatic carbocycles. The van der Waals surface area contributed by atoms with E-state index >= 15 is 0 Å². The quantitative estimate of drug-likeness (QED) is 0.848. The molecule has 0 aliphatic heterocycles. The smallest absolute Gasteiger partial charge is 0.129 e. The van der Waals surface area contributed by atoms with Crippen LogP contribution in [0.5, 0.6) is 5.75 Å². The highest BCUT2D eigenvalue weighted by Crippen LogP contribution is 2.31. The Morgan fingerprint density at radius 2 is 2.05 bits per heavy atom. The lowest BCUT2D eigenvalue weighted by molar-refractivity contribution is 0.0508. The minimum Gasteiger partial charge on any atom is -0.490 e. The van der Waals surface area contributed by atoms with E-state index in [0.717, 1.165) is 38.3 Å². The highest BCUT2D eigenvalue weighted by molar-refractivity contribution is 5.24. The zero-order valence-electron chi connectivity index (χ0n) is 12.4. The van der Waals surface area contributed by atoms with Gasteiger partial charge in [0.25, 0.3) is 0 Å². The molecule has 2 N–H and O–H groups in total. The van der Waals surface area contributed by atoms with Crippen molar-refractivity contribution in [3.05, 3.63) is 29.8 Å². The predicted octanol–water partition coefficient (Wildman–Crippen LogP) is 3.02. The molecule has 0 saturated heterocycles. The number of ether oxygens (including phenoxy) is 1. The number of halogens is 2. The van der Waals surface area contributed by atoms with Crippen LogP contribution in [0.2, 0.25) is 0 Å². The summed E-state index contributed by atoms with van der Waals surface area (Å²) >= 11 is 0. The number of rotatable bonds is 6. The number of hydrogen-bond acceptors (Lipinski definition) is 3. The molecule has 0 amide bonds. The summed E-state index contributed by atoms with van der Waals surface area (Å²) in [6.45, 7) is 2.96. The van der Waals surface area contributed by atoms with Crippen molar-refractivity contribution in [3.8, 4) is 5.75 Å². The molecule has 2 unspecified atom stereocenters. The minimum absolute atomic E-state index is 0.0460. The molecule has 0 spiro atoms. The van der Waals surface area contributed by atoms with Crippen LogP contribution in [0.3, 0.4) is 0 Å². The lowest BCUT2D eigenvalue weighted by Gasteiger charge is -2.40. The van der Waals surface area contributed by atoms with Gasteiger partial charge in [0, 0.05) is 30.2 Å². The fourth-order valence-electron chi connectivity index (χ4n) is 2.95. The van der Waals surface area contributed by atoms with Gasteiger partial charge in [0.15, 0.2) is 0 Å². The first kappa shape index (κ1) is 16.2. The van der Waals surface area contributed by atoms with Crippen molar-refractivity contribution in [1.82, 2.24) is 5.32 Å². The van der Waals surface area contributed by atoms with Gasteiger partial charge in [-0.3, -0.25) is 0 Å². The van der Waals surface area contributed by atoms with E-state index < -0.39 is 11.6 Å². The zero-order valence-corrected chi connectivity index (χ0v) is 12.4. The maximum Gasteiger partial charge on any atom is 0.129 e. The SMILES string of the molecule is CCCNC1(CO)CCCC(Oc2cc(F)cc(F)c2)C1. The van der Waals surface area contributed by atoms with Crippen molar-refractivity contribution in [2.24, 2.45) is 0 Å². The lowest BCUT2D eigenvalue weighted by Crippen LogP contribution is -2.53. The van der Waals surface area contributed by atoms with E-state index in [1.807, 2.05) is 0 Å². The van der Waals surface area contributed by atoms with Gasteiger partial charge in [-0.25, -0.2) is 8.78 Å². The third-order valence-corrected chi connectivity index (χ3v) is 3.99. The molecule has 0 aromatic heterocycles. The second-order valence-electron chi connectivity index (χ2n) is 5.81. The first-order valence-electron chi connectivity index (χ1n) is 7.55. The van der Waals surface area contributed by atoms with Crippen molar-refractivity contribution >= 4 is 0 Å².